The van der Waals surface area contributed by atoms with Crippen LogP contribution in [-0.4, -0.2) is 16.6 Å². The van der Waals surface area contributed by atoms with Crippen LogP contribution in [0.5, 0.6) is 5.75 Å². The molecule has 4 nitrogen and oxygen atoms in total. The zero-order valence-electron chi connectivity index (χ0n) is 18.2. The predicted octanol–water partition coefficient (Wildman–Crippen LogP) is 5.98. The molecule has 1 aliphatic carbocycles. The number of carbonyl (C=O) groups is 1. The summed E-state index contributed by atoms with van der Waals surface area (Å²) in [4.78, 5) is 18.4. The van der Waals surface area contributed by atoms with E-state index < -0.39 is 5.92 Å². The van der Waals surface area contributed by atoms with Gasteiger partial charge in [-0.1, -0.05) is 38.1 Å². The van der Waals surface area contributed by atoms with E-state index in [0.717, 1.165) is 34.6 Å². The number of Topliss-reactive ketones (excluding diaryl/α,β-unsaturated/α-hetero) is 1. The maximum Gasteiger partial charge on any atom is 0.144 e. The van der Waals surface area contributed by atoms with Crippen LogP contribution in [0.2, 0.25) is 0 Å². The van der Waals surface area contributed by atoms with Gasteiger partial charge in [0.1, 0.15) is 11.5 Å². The molecule has 2 aliphatic rings. The maximum atomic E-state index is 13.4. The lowest BCUT2D eigenvalue weighted by molar-refractivity contribution is -0.124. The van der Waals surface area contributed by atoms with E-state index in [2.05, 4.69) is 51.7 Å². The first-order chi connectivity index (χ1) is 14.2. The van der Waals surface area contributed by atoms with Crippen LogP contribution in [0.4, 0.5) is 11.4 Å². The van der Waals surface area contributed by atoms with Gasteiger partial charge in [-0.15, -0.1) is 6.58 Å². The molecule has 1 saturated carbocycles. The van der Waals surface area contributed by atoms with Crippen LogP contribution in [0.15, 0.2) is 48.0 Å². The molecule has 0 unspecified atom stereocenters. The summed E-state index contributed by atoms with van der Waals surface area (Å²) in [7, 11) is 0. The number of phenols is 1. The largest absolute Gasteiger partial charge is 0.507 e. The molecule has 0 aromatic heterocycles. The molecule has 1 fully saturated rings. The van der Waals surface area contributed by atoms with E-state index in [0.29, 0.717) is 12.8 Å². The fraction of sp³-hybridized carbons (Fsp3) is 0.385. The molecule has 4 rings (SSSR count). The summed E-state index contributed by atoms with van der Waals surface area (Å²) < 4.78 is 0. The highest BCUT2D eigenvalue weighted by molar-refractivity contribution is 6.10. The van der Waals surface area contributed by atoms with E-state index in [4.69, 9.17) is 4.99 Å². The van der Waals surface area contributed by atoms with Crippen molar-refractivity contribution in [1.82, 2.24) is 0 Å². The number of nitrogens with zero attached hydrogens (tertiary/aromatic N) is 1. The molecular formula is C26H30N2O2. The second kappa shape index (κ2) is 7.42. The fourth-order valence-electron chi connectivity index (χ4n) is 4.77. The zero-order chi connectivity index (χ0) is 21.6. The lowest BCUT2D eigenvalue weighted by Crippen LogP contribution is -2.42. The van der Waals surface area contributed by atoms with Gasteiger partial charge in [-0.25, -0.2) is 0 Å². The molecule has 0 bridgehead atoms. The number of ketones is 1. The van der Waals surface area contributed by atoms with Crippen molar-refractivity contribution in [3.63, 3.8) is 0 Å². The van der Waals surface area contributed by atoms with Crippen molar-refractivity contribution in [2.24, 2.45) is 16.3 Å². The summed E-state index contributed by atoms with van der Waals surface area (Å²) in [5, 5.41) is 14.6. The van der Waals surface area contributed by atoms with Gasteiger partial charge in [-0.05, 0) is 60.9 Å². The number of hydrogen-bond acceptors (Lipinski definition) is 4. The molecule has 30 heavy (non-hydrogen) atoms. The molecular weight excluding hydrogens is 372 g/mol. The van der Waals surface area contributed by atoms with Gasteiger partial charge in [0, 0.05) is 17.7 Å². The number of allylic oxidation sites excluding steroid dienone is 1. The van der Waals surface area contributed by atoms with E-state index in [1.165, 1.54) is 11.1 Å². The Labute approximate surface area is 178 Å². The van der Waals surface area contributed by atoms with Gasteiger partial charge in [0.15, 0.2) is 0 Å². The third kappa shape index (κ3) is 3.55. The first-order valence-corrected chi connectivity index (χ1v) is 10.6. The number of phenolic OH excluding ortho intramolecular Hbond substituents is 1. The van der Waals surface area contributed by atoms with Gasteiger partial charge in [-0.3, -0.25) is 9.79 Å². The maximum absolute atomic E-state index is 13.4. The lowest BCUT2D eigenvalue weighted by atomic mass is 9.68. The number of carbonyl (C=O) groups excluding carboxylic acids is 1. The normalized spacial score (nSPS) is 22.3. The Morgan fingerprint density at radius 2 is 1.97 bits per heavy atom. The Kier molecular flexibility index (Phi) is 5.05. The molecule has 0 amide bonds. The lowest BCUT2D eigenvalue weighted by Gasteiger charge is -2.37. The van der Waals surface area contributed by atoms with Crippen molar-refractivity contribution in [3.8, 4) is 5.75 Å². The number of aryl methyl sites for hydroxylation is 2. The van der Waals surface area contributed by atoms with Crippen molar-refractivity contribution in [1.29, 1.82) is 0 Å². The molecule has 2 aromatic rings. The molecule has 1 heterocycles. The van der Waals surface area contributed by atoms with Gasteiger partial charge in [0.05, 0.1) is 23.3 Å². The van der Waals surface area contributed by atoms with E-state index >= 15 is 0 Å². The summed E-state index contributed by atoms with van der Waals surface area (Å²) in [6, 6.07) is 9.58. The molecule has 156 valence electrons. The number of benzene rings is 2. The van der Waals surface area contributed by atoms with Gasteiger partial charge in [-0.2, -0.15) is 0 Å². The number of anilines is 1. The molecule has 0 saturated heterocycles. The number of aliphatic imine (C=N–C) groups is 1. The minimum absolute atomic E-state index is 0.117. The summed E-state index contributed by atoms with van der Waals surface area (Å²) in [5.41, 5.74) is 6.46. The highest BCUT2D eigenvalue weighted by atomic mass is 16.3. The monoisotopic (exact) mass is 402 g/mol. The second-order valence-corrected chi connectivity index (χ2v) is 9.49. The Hall–Kier alpha value is -2.88. The topological polar surface area (TPSA) is 61.7 Å². The smallest absolute Gasteiger partial charge is 0.144 e. The average Bonchev–Trinajstić information content (AvgIpc) is 2.79. The van der Waals surface area contributed by atoms with Gasteiger partial charge >= 0.3 is 0 Å². The SMILES string of the molecule is C=CCc1cccc([C@H]2Nc3cc(C)c(C)cc3N=C3CC(C)(C)CC(=O)[C@H]32)c1O. The van der Waals surface area contributed by atoms with Gasteiger partial charge < -0.3 is 10.4 Å². The minimum atomic E-state index is -0.393. The number of nitrogens with one attached hydrogen (secondary N) is 1. The number of aromatic hydroxyl groups is 1. The molecule has 2 aromatic carbocycles. The van der Waals surface area contributed by atoms with E-state index in [9.17, 15) is 9.90 Å². The van der Waals surface area contributed by atoms with Gasteiger partial charge in [0.2, 0.25) is 0 Å². The Morgan fingerprint density at radius 3 is 2.70 bits per heavy atom. The molecule has 4 heteroatoms. The van der Waals surface area contributed by atoms with Crippen LogP contribution < -0.4 is 5.32 Å². The third-order valence-corrected chi connectivity index (χ3v) is 6.39. The number of hydrogen-bond donors (Lipinski definition) is 2. The Balaban J connectivity index is 1.91. The van der Waals surface area contributed by atoms with Crippen molar-refractivity contribution in [2.45, 2.75) is 53.0 Å². The highest BCUT2D eigenvalue weighted by Crippen LogP contribution is 2.47. The minimum Gasteiger partial charge on any atom is -0.507 e. The van der Waals surface area contributed by atoms with E-state index in [1.54, 1.807) is 6.08 Å². The first-order valence-electron chi connectivity index (χ1n) is 10.6. The van der Waals surface area contributed by atoms with Crippen molar-refractivity contribution < 1.29 is 9.90 Å². The van der Waals surface area contributed by atoms with Crippen molar-refractivity contribution in [2.75, 3.05) is 5.32 Å². The molecule has 2 N–H and O–H groups in total. The average molecular weight is 403 g/mol. The second-order valence-electron chi connectivity index (χ2n) is 9.49. The predicted molar refractivity (Wildman–Crippen MR) is 123 cm³/mol. The fourth-order valence-corrected chi connectivity index (χ4v) is 4.77. The van der Waals surface area contributed by atoms with Crippen LogP contribution in [-0.2, 0) is 11.2 Å². The quantitative estimate of drug-likeness (QED) is 0.621. The molecule has 0 spiro atoms. The van der Waals surface area contributed by atoms with E-state index in [-0.39, 0.29) is 23.0 Å². The van der Waals surface area contributed by atoms with Crippen LogP contribution in [0.1, 0.15) is 55.0 Å². The molecule has 0 radical (unpaired) electrons. The van der Waals surface area contributed by atoms with Crippen molar-refractivity contribution >= 4 is 22.9 Å². The first kappa shape index (κ1) is 20.4. The number of rotatable bonds is 3. The van der Waals surface area contributed by atoms with Crippen LogP contribution in [0, 0.1) is 25.2 Å². The molecule has 1 aliphatic heterocycles. The third-order valence-electron chi connectivity index (χ3n) is 6.39. The number of fused-ring (bicyclic) bond motifs is 2. The van der Waals surface area contributed by atoms with Crippen molar-refractivity contribution in [3.05, 3.63) is 65.2 Å². The van der Waals surface area contributed by atoms with Crippen LogP contribution in [0.25, 0.3) is 0 Å². The summed E-state index contributed by atoms with van der Waals surface area (Å²) in [6.45, 7) is 12.2. The van der Waals surface area contributed by atoms with Crippen LogP contribution >= 0.6 is 0 Å². The Morgan fingerprint density at radius 1 is 1.23 bits per heavy atom. The zero-order valence-corrected chi connectivity index (χ0v) is 18.2. The summed E-state index contributed by atoms with van der Waals surface area (Å²) >= 11 is 0. The summed E-state index contributed by atoms with van der Waals surface area (Å²) in [6.07, 6.45) is 3.63. The highest BCUT2D eigenvalue weighted by Gasteiger charge is 2.44. The standard InChI is InChI=1S/C26H30N2O2/c1-6-8-17-9-7-10-18(25(17)30)24-23-21(13-26(4,5)14-22(23)29)27-19-11-15(2)16(3)12-20(19)28-24/h6-7,9-12,23-24,28,30H,1,8,13-14H2,2-5H3/t23-,24+/m0/s1. The van der Waals surface area contributed by atoms with Gasteiger partial charge in [0.25, 0.3) is 0 Å². The summed E-state index contributed by atoms with van der Waals surface area (Å²) in [5.74, 6) is 0.0207. The van der Waals surface area contributed by atoms with E-state index in [1.807, 2.05) is 18.2 Å². The Bertz CT molecular complexity index is 1060. The van der Waals surface area contributed by atoms with Crippen LogP contribution in [0.3, 0.4) is 0 Å². The number of para-hydroxylation sites is 1. The molecule has 2 atom stereocenters.